The van der Waals surface area contributed by atoms with Crippen molar-refractivity contribution >= 4 is 30.5 Å². The number of hydrogen-bond donors (Lipinski definition) is 2. The maximum Gasteiger partial charge on any atom is 0.313 e. The van der Waals surface area contributed by atoms with Crippen LogP contribution in [0.1, 0.15) is 30.0 Å². The fourth-order valence-corrected chi connectivity index (χ4v) is 3.29. The smallest absolute Gasteiger partial charge is 0.313 e. The first kappa shape index (κ1) is 20.0. The van der Waals surface area contributed by atoms with Crippen LogP contribution in [0.4, 0.5) is 5.69 Å². The molecule has 2 fully saturated rings. The van der Waals surface area contributed by atoms with Crippen LogP contribution in [0.2, 0.25) is 0 Å². The second kappa shape index (κ2) is 8.15. The van der Waals surface area contributed by atoms with Crippen LogP contribution in [0.3, 0.4) is 0 Å². The Labute approximate surface area is 148 Å². The van der Waals surface area contributed by atoms with Gasteiger partial charge in [-0.15, -0.1) is 24.8 Å². The molecular formula is C15H23Cl2N3O3. The zero-order chi connectivity index (χ0) is 15.0. The van der Waals surface area contributed by atoms with Crippen LogP contribution < -0.4 is 5.32 Å². The van der Waals surface area contributed by atoms with E-state index >= 15 is 0 Å². The summed E-state index contributed by atoms with van der Waals surface area (Å²) in [5.41, 5.74) is 1.08. The molecule has 1 heterocycles. The van der Waals surface area contributed by atoms with Crippen molar-refractivity contribution in [1.29, 1.82) is 0 Å². The Balaban J connectivity index is 0.00000132. The molecule has 0 amide bonds. The summed E-state index contributed by atoms with van der Waals surface area (Å²) in [6.45, 7) is 5.36. The summed E-state index contributed by atoms with van der Waals surface area (Å²) in [5.74, 6) is 0.367. The fraction of sp³-hybridized carbons (Fsp3) is 0.600. The Bertz CT molecular complexity index is 561. The average molecular weight is 364 g/mol. The maximum absolute atomic E-state index is 11.2. The molecule has 23 heavy (non-hydrogen) atoms. The molecule has 2 aliphatic rings. The van der Waals surface area contributed by atoms with Crippen molar-refractivity contribution in [3.05, 3.63) is 33.4 Å². The summed E-state index contributed by atoms with van der Waals surface area (Å²) in [5, 5.41) is 25.0. The largest absolute Gasteiger partial charge is 0.502 e. The summed E-state index contributed by atoms with van der Waals surface area (Å²) in [4.78, 5) is 13.1. The quantitative estimate of drug-likeness (QED) is 0.635. The van der Waals surface area contributed by atoms with Gasteiger partial charge in [0.25, 0.3) is 0 Å². The van der Waals surface area contributed by atoms with E-state index in [1.807, 2.05) is 6.07 Å². The van der Waals surface area contributed by atoms with Crippen LogP contribution in [0.5, 0.6) is 5.75 Å². The van der Waals surface area contributed by atoms with Gasteiger partial charge in [-0.2, -0.15) is 0 Å². The van der Waals surface area contributed by atoms with Crippen molar-refractivity contribution in [2.75, 3.05) is 26.2 Å². The second-order valence-corrected chi connectivity index (χ2v) is 5.99. The molecule has 1 saturated heterocycles. The number of phenolic OH excluding ortho intramolecular Hbond substituents is 1. The monoisotopic (exact) mass is 363 g/mol. The van der Waals surface area contributed by atoms with Crippen molar-refractivity contribution in [1.82, 2.24) is 10.2 Å². The van der Waals surface area contributed by atoms with Crippen molar-refractivity contribution in [2.24, 2.45) is 5.92 Å². The maximum atomic E-state index is 11.2. The van der Waals surface area contributed by atoms with Gasteiger partial charge in [-0.1, -0.05) is 12.1 Å². The van der Waals surface area contributed by atoms with Crippen molar-refractivity contribution in [2.45, 2.75) is 25.8 Å². The number of nitro groups is 1. The van der Waals surface area contributed by atoms with Crippen molar-refractivity contribution in [3.63, 3.8) is 0 Å². The SMILES string of the molecule is Cc1ccc([C@H](C2CC2)N2CCNCC2)c(O)c1[N+](=O)[O-].Cl.Cl. The van der Waals surface area contributed by atoms with Crippen LogP contribution >= 0.6 is 24.8 Å². The Kier molecular flexibility index (Phi) is 7.07. The van der Waals surface area contributed by atoms with Crippen LogP contribution in [0.25, 0.3) is 0 Å². The molecule has 0 aromatic heterocycles. The van der Waals surface area contributed by atoms with E-state index in [0.717, 1.165) is 44.6 Å². The second-order valence-electron chi connectivity index (χ2n) is 5.99. The predicted molar refractivity (Wildman–Crippen MR) is 93.9 cm³/mol. The molecule has 2 N–H and O–H groups in total. The molecule has 1 aliphatic heterocycles. The van der Waals surface area contributed by atoms with E-state index in [1.165, 1.54) is 0 Å². The molecule has 1 aliphatic carbocycles. The van der Waals surface area contributed by atoms with Crippen molar-refractivity contribution in [3.8, 4) is 5.75 Å². The highest BCUT2D eigenvalue weighted by atomic mass is 35.5. The van der Waals surface area contributed by atoms with Gasteiger partial charge in [0.15, 0.2) is 5.75 Å². The topological polar surface area (TPSA) is 78.6 Å². The number of benzene rings is 1. The predicted octanol–water partition coefficient (Wildman–Crippen LogP) is 2.81. The molecule has 0 radical (unpaired) electrons. The molecule has 1 saturated carbocycles. The fourth-order valence-electron chi connectivity index (χ4n) is 3.29. The Morgan fingerprint density at radius 1 is 1.30 bits per heavy atom. The lowest BCUT2D eigenvalue weighted by Crippen LogP contribution is -2.45. The molecule has 0 spiro atoms. The Morgan fingerprint density at radius 3 is 2.43 bits per heavy atom. The highest BCUT2D eigenvalue weighted by Crippen LogP contribution is 2.49. The summed E-state index contributed by atoms with van der Waals surface area (Å²) in [6, 6.07) is 3.72. The van der Waals surface area contributed by atoms with Gasteiger partial charge in [0.1, 0.15) is 0 Å². The summed E-state index contributed by atoms with van der Waals surface area (Å²) >= 11 is 0. The summed E-state index contributed by atoms with van der Waals surface area (Å²) in [6.07, 6.45) is 2.27. The molecule has 3 rings (SSSR count). The third-order valence-corrected chi connectivity index (χ3v) is 4.50. The first-order chi connectivity index (χ1) is 10.1. The van der Waals surface area contributed by atoms with Gasteiger partial charge in [-0.25, -0.2) is 0 Å². The zero-order valence-corrected chi connectivity index (χ0v) is 14.7. The lowest BCUT2D eigenvalue weighted by Gasteiger charge is -2.35. The van der Waals surface area contributed by atoms with Gasteiger partial charge in [0.05, 0.1) is 4.92 Å². The molecule has 6 nitrogen and oxygen atoms in total. The molecule has 8 heteroatoms. The summed E-state index contributed by atoms with van der Waals surface area (Å²) in [7, 11) is 0. The minimum atomic E-state index is -0.476. The third-order valence-electron chi connectivity index (χ3n) is 4.50. The van der Waals surface area contributed by atoms with Gasteiger partial charge < -0.3 is 10.4 Å². The van der Waals surface area contributed by atoms with Crippen LogP contribution in [-0.4, -0.2) is 41.1 Å². The lowest BCUT2D eigenvalue weighted by atomic mass is 9.96. The van der Waals surface area contributed by atoms with E-state index in [2.05, 4.69) is 10.2 Å². The standard InChI is InChI=1S/C15H21N3O3.2ClH/c1-10-2-5-12(15(19)13(10)18(20)21)14(11-3-4-11)17-8-6-16-7-9-17;;/h2,5,11,14,16,19H,3-4,6-9H2,1H3;2*1H/t14-;;/m0../s1. The highest BCUT2D eigenvalue weighted by molar-refractivity contribution is 5.85. The molecule has 0 unspecified atom stereocenters. The highest BCUT2D eigenvalue weighted by Gasteiger charge is 2.39. The van der Waals surface area contributed by atoms with Gasteiger partial charge in [0.2, 0.25) is 0 Å². The van der Waals surface area contributed by atoms with Crippen LogP contribution in [0, 0.1) is 23.0 Å². The minimum Gasteiger partial charge on any atom is -0.502 e. The number of nitrogens with one attached hydrogen (secondary N) is 1. The van der Waals surface area contributed by atoms with Gasteiger partial charge in [0, 0.05) is 43.3 Å². The van der Waals surface area contributed by atoms with E-state index in [0.29, 0.717) is 11.5 Å². The van der Waals surface area contributed by atoms with E-state index in [1.54, 1.807) is 13.0 Å². The Morgan fingerprint density at radius 2 is 1.91 bits per heavy atom. The Hall–Kier alpha value is -1.08. The van der Waals surface area contributed by atoms with E-state index in [9.17, 15) is 15.2 Å². The number of hydrogen-bond acceptors (Lipinski definition) is 5. The van der Waals surface area contributed by atoms with Gasteiger partial charge in [-0.05, 0) is 25.7 Å². The van der Waals surface area contributed by atoms with Gasteiger partial charge in [-0.3, -0.25) is 15.0 Å². The number of piperazine rings is 1. The number of nitrogens with zero attached hydrogens (tertiary/aromatic N) is 2. The van der Waals surface area contributed by atoms with Gasteiger partial charge >= 0.3 is 5.69 Å². The number of nitro benzene ring substituents is 1. The van der Waals surface area contributed by atoms with E-state index in [-0.39, 0.29) is 42.3 Å². The molecule has 130 valence electrons. The van der Waals surface area contributed by atoms with E-state index in [4.69, 9.17) is 0 Å². The zero-order valence-electron chi connectivity index (χ0n) is 13.0. The number of aromatic hydroxyl groups is 1. The molecule has 0 bridgehead atoms. The van der Waals surface area contributed by atoms with E-state index < -0.39 is 4.92 Å². The normalized spacial score (nSPS) is 19.3. The molecule has 1 atom stereocenters. The van der Waals surface area contributed by atoms with Crippen molar-refractivity contribution < 1.29 is 10.0 Å². The molecular weight excluding hydrogens is 341 g/mol. The first-order valence-electron chi connectivity index (χ1n) is 7.51. The minimum absolute atomic E-state index is 0. The average Bonchev–Trinajstić information content (AvgIpc) is 3.27. The number of halogens is 2. The number of rotatable bonds is 4. The molecule has 1 aromatic rings. The first-order valence-corrected chi connectivity index (χ1v) is 7.51. The lowest BCUT2D eigenvalue weighted by molar-refractivity contribution is -0.386. The summed E-state index contributed by atoms with van der Waals surface area (Å²) < 4.78 is 0. The molecule has 1 aromatic carbocycles. The number of aryl methyl sites for hydroxylation is 1. The van der Waals surface area contributed by atoms with Crippen LogP contribution in [0.15, 0.2) is 12.1 Å². The number of phenols is 1. The van der Waals surface area contributed by atoms with Crippen LogP contribution in [-0.2, 0) is 0 Å². The third kappa shape index (κ3) is 4.07.